The van der Waals surface area contributed by atoms with E-state index >= 15 is 0 Å². The number of benzene rings is 2. The van der Waals surface area contributed by atoms with E-state index in [1.54, 1.807) is 11.8 Å². The molecule has 40 heavy (non-hydrogen) atoms. The number of carbonyl (C=O) groups is 2. The minimum Gasteiger partial charge on any atom is -0.339 e. The molecule has 0 aliphatic carbocycles. The number of rotatable bonds is 13. The van der Waals surface area contributed by atoms with Crippen LogP contribution in [0.15, 0.2) is 59.8 Å². The van der Waals surface area contributed by atoms with Gasteiger partial charge in [-0.3, -0.25) is 14.2 Å². The van der Waals surface area contributed by atoms with E-state index in [0.29, 0.717) is 32.5 Å². The number of hydrogen-bond acceptors (Lipinski definition) is 5. The van der Waals surface area contributed by atoms with E-state index in [4.69, 9.17) is 0 Å². The van der Waals surface area contributed by atoms with Crippen molar-refractivity contribution in [3.05, 3.63) is 60.2 Å². The van der Waals surface area contributed by atoms with Crippen LogP contribution in [0.5, 0.6) is 0 Å². The molecule has 214 valence electrons. The fourth-order valence-electron chi connectivity index (χ4n) is 5.16. The highest BCUT2D eigenvalue weighted by atomic mass is 32.2. The Labute approximate surface area is 243 Å². The zero-order chi connectivity index (χ0) is 28.3. The molecule has 1 aromatic heterocycles. The second kappa shape index (κ2) is 15.0. The molecule has 2 heterocycles. The second-order valence-corrected chi connectivity index (χ2v) is 11.8. The quantitative estimate of drug-likeness (QED) is 0.175. The standard InChI is InChI=1S/C32H43N5O2S/c1-4-5-6-10-16-30(39)36-22-21-35(24-26(36)3)29(38)15-11-12-23-40-32-34-33-31(27-19-17-25(2)18-20-27)37(32)28-13-8-7-9-14-28/h7-9,13-14,17-20,26H,4-6,10-12,15-16,21-24H2,1-3H3. The van der Waals surface area contributed by atoms with Crippen LogP contribution >= 0.6 is 11.8 Å². The maximum Gasteiger partial charge on any atom is 0.222 e. The van der Waals surface area contributed by atoms with Crippen molar-refractivity contribution in [2.75, 3.05) is 25.4 Å². The van der Waals surface area contributed by atoms with Gasteiger partial charge < -0.3 is 9.80 Å². The third-order valence-corrected chi connectivity index (χ3v) is 8.53. The number of amides is 2. The van der Waals surface area contributed by atoms with Gasteiger partial charge in [-0.25, -0.2) is 0 Å². The van der Waals surface area contributed by atoms with Gasteiger partial charge in [0.25, 0.3) is 0 Å². The summed E-state index contributed by atoms with van der Waals surface area (Å²) in [6.45, 7) is 8.24. The van der Waals surface area contributed by atoms with E-state index in [1.807, 2.05) is 28.0 Å². The van der Waals surface area contributed by atoms with Gasteiger partial charge in [0.05, 0.1) is 0 Å². The Morgan fingerprint density at radius 3 is 2.33 bits per heavy atom. The molecule has 4 rings (SSSR count). The Morgan fingerprint density at radius 2 is 1.60 bits per heavy atom. The molecular formula is C32H43N5O2S. The highest BCUT2D eigenvalue weighted by Crippen LogP contribution is 2.29. The zero-order valence-electron chi connectivity index (χ0n) is 24.2. The van der Waals surface area contributed by atoms with Gasteiger partial charge in [-0.15, -0.1) is 10.2 Å². The molecule has 1 fully saturated rings. The molecule has 8 heteroatoms. The molecular weight excluding hydrogens is 518 g/mol. The van der Waals surface area contributed by atoms with Crippen LogP contribution in [-0.2, 0) is 9.59 Å². The Kier molecular flexibility index (Phi) is 11.2. The smallest absolute Gasteiger partial charge is 0.222 e. The number of unbranched alkanes of at least 4 members (excludes halogenated alkanes) is 4. The summed E-state index contributed by atoms with van der Waals surface area (Å²) in [6.07, 6.45) is 7.36. The van der Waals surface area contributed by atoms with Crippen LogP contribution in [0.2, 0.25) is 0 Å². The van der Waals surface area contributed by atoms with E-state index in [2.05, 4.69) is 71.9 Å². The van der Waals surface area contributed by atoms with E-state index in [0.717, 1.165) is 53.7 Å². The van der Waals surface area contributed by atoms with Crippen molar-refractivity contribution in [3.63, 3.8) is 0 Å². The van der Waals surface area contributed by atoms with Gasteiger partial charge in [-0.05, 0) is 45.2 Å². The number of thioether (sulfide) groups is 1. The van der Waals surface area contributed by atoms with Crippen LogP contribution in [0.3, 0.4) is 0 Å². The number of para-hydroxylation sites is 1. The monoisotopic (exact) mass is 561 g/mol. The molecule has 2 aromatic carbocycles. The first-order valence-corrected chi connectivity index (χ1v) is 15.7. The Morgan fingerprint density at radius 1 is 0.875 bits per heavy atom. The summed E-state index contributed by atoms with van der Waals surface area (Å²) in [6, 6.07) is 18.7. The van der Waals surface area contributed by atoms with Crippen LogP contribution in [0.1, 0.15) is 70.8 Å². The largest absolute Gasteiger partial charge is 0.339 e. The molecule has 1 aliphatic heterocycles. The van der Waals surface area contributed by atoms with Gasteiger partial charge in [0, 0.05) is 55.5 Å². The maximum absolute atomic E-state index is 12.9. The summed E-state index contributed by atoms with van der Waals surface area (Å²) < 4.78 is 2.12. The summed E-state index contributed by atoms with van der Waals surface area (Å²) >= 11 is 1.68. The molecule has 1 aliphatic rings. The van der Waals surface area contributed by atoms with Crippen molar-refractivity contribution < 1.29 is 9.59 Å². The number of aryl methyl sites for hydroxylation is 1. The third kappa shape index (κ3) is 7.96. The molecule has 0 spiro atoms. The van der Waals surface area contributed by atoms with Gasteiger partial charge in [0.2, 0.25) is 11.8 Å². The first-order valence-electron chi connectivity index (χ1n) is 14.8. The highest BCUT2D eigenvalue weighted by Gasteiger charge is 2.29. The van der Waals surface area contributed by atoms with Crippen LogP contribution < -0.4 is 0 Å². The van der Waals surface area contributed by atoms with Crippen molar-refractivity contribution >= 4 is 23.6 Å². The summed E-state index contributed by atoms with van der Waals surface area (Å²) in [5.41, 5.74) is 3.28. The van der Waals surface area contributed by atoms with Crippen molar-refractivity contribution in [2.24, 2.45) is 0 Å². The van der Waals surface area contributed by atoms with E-state index in [-0.39, 0.29) is 17.9 Å². The molecule has 0 N–H and O–H groups in total. The number of hydrogen-bond donors (Lipinski definition) is 0. The van der Waals surface area contributed by atoms with Gasteiger partial charge in [-0.2, -0.15) is 0 Å². The van der Waals surface area contributed by atoms with Crippen LogP contribution in [0.25, 0.3) is 17.1 Å². The average Bonchev–Trinajstić information content (AvgIpc) is 3.39. The molecule has 1 atom stereocenters. The molecule has 2 amide bonds. The number of aromatic nitrogens is 3. The predicted octanol–water partition coefficient (Wildman–Crippen LogP) is 6.53. The Bertz CT molecular complexity index is 1230. The summed E-state index contributed by atoms with van der Waals surface area (Å²) in [7, 11) is 0. The van der Waals surface area contributed by atoms with E-state index in [9.17, 15) is 9.59 Å². The van der Waals surface area contributed by atoms with Crippen molar-refractivity contribution in [3.8, 4) is 17.1 Å². The minimum atomic E-state index is 0.0824. The molecule has 7 nitrogen and oxygen atoms in total. The van der Waals surface area contributed by atoms with Gasteiger partial charge in [-0.1, -0.05) is 86.0 Å². The van der Waals surface area contributed by atoms with Gasteiger partial charge in [0.15, 0.2) is 11.0 Å². The van der Waals surface area contributed by atoms with Crippen molar-refractivity contribution in [2.45, 2.75) is 83.3 Å². The fraction of sp³-hybridized carbons (Fsp3) is 0.500. The van der Waals surface area contributed by atoms with Gasteiger partial charge in [0.1, 0.15) is 0 Å². The topological polar surface area (TPSA) is 71.3 Å². The van der Waals surface area contributed by atoms with Gasteiger partial charge >= 0.3 is 0 Å². The number of carbonyl (C=O) groups excluding carboxylic acids is 2. The predicted molar refractivity (Wildman–Crippen MR) is 163 cm³/mol. The lowest BCUT2D eigenvalue weighted by Crippen LogP contribution is -2.55. The number of piperazine rings is 1. The number of nitrogens with zero attached hydrogens (tertiary/aromatic N) is 5. The fourth-order valence-corrected chi connectivity index (χ4v) is 6.11. The summed E-state index contributed by atoms with van der Waals surface area (Å²) in [5.74, 6) is 2.13. The first-order chi connectivity index (χ1) is 19.5. The average molecular weight is 562 g/mol. The molecule has 0 radical (unpaired) electrons. The van der Waals surface area contributed by atoms with Crippen LogP contribution in [0, 0.1) is 6.92 Å². The maximum atomic E-state index is 12.9. The van der Waals surface area contributed by atoms with E-state index < -0.39 is 0 Å². The summed E-state index contributed by atoms with van der Waals surface area (Å²) in [4.78, 5) is 29.5. The Balaban J connectivity index is 1.25. The zero-order valence-corrected chi connectivity index (χ0v) is 25.0. The van der Waals surface area contributed by atoms with E-state index in [1.165, 1.54) is 18.4 Å². The summed E-state index contributed by atoms with van der Waals surface area (Å²) in [5, 5.41) is 9.92. The first kappa shape index (κ1) is 29.8. The SMILES string of the molecule is CCCCCCC(=O)N1CCN(C(=O)CCCCSc2nnc(-c3ccc(C)cc3)n2-c2ccccc2)CC1C. The van der Waals surface area contributed by atoms with Crippen LogP contribution in [0.4, 0.5) is 0 Å². The normalized spacial score (nSPS) is 15.4. The molecule has 0 bridgehead atoms. The lowest BCUT2D eigenvalue weighted by Gasteiger charge is -2.40. The van der Waals surface area contributed by atoms with Crippen molar-refractivity contribution in [1.82, 2.24) is 24.6 Å². The highest BCUT2D eigenvalue weighted by molar-refractivity contribution is 7.99. The molecule has 0 saturated carbocycles. The Hall–Kier alpha value is -3.13. The molecule has 3 aromatic rings. The van der Waals surface area contributed by atoms with Crippen LogP contribution in [-0.4, -0.2) is 67.8 Å². The third-order valence-electron chi connectivity index (χ3n) is 7.52. The second-order valence-electron chi connectivity index (χ2n) is 10.7. The lowest BCUT2D eigenvalue weighted by atomic mass is 10.1. The minimum absolute atomic E-state index is 0.0824. The molecule has 1 unspecified atom stereocenters. The van der Waals surface area contributed by atoms with Crippen molar-refractivity contribution in [1.29, 1.82) is 0 Å². The lowest BCUT2D eigenvalue weighted by molar-refractivity contribution is -0.142. The molecule has 1 saturated heterocycles.